The van der Waals surface area contributed by atoms with Crippen LogP contribution in [0.5, 0.6) is 0 Å². The Morgan fingerprint density at radius 1 is 0.952 bits per heavy atom. The fraction of sp³-hybridized carbons (Fsp3) is 0.500. The molecule has 21 heavy (non-hydrogen) atoms. The SMILES string of the molecule is CCCCCC/C=C/C=C(\CCCC)[Te]c1ccccc1. The summed E-state index contributed by atoms with van der Waals surface area (Å²) < 4.78 is 3.25. The van der Waals surface area contributed by atoms with Gasteiger partial charge in [-0.05, 0) is 0 Å². The fourth-order valence-electron chi connectivity index (χ4n) is 2.12. The monoisotopic (exact) mass is 400 g/mol. The van der Waals surface area contributed by atoms with Crippen LogP contribution in [-0.2, 0) is 0 Å². The predicted molar refractivity (Wildman–Crippen MR) is 97.3 cm³/mol. The van der Waals surface area contributed by atoms with Crippen LogP contribution in [0.4, 0.5) is 0 Å². The zero-order valence-corrected chi connectivity index (χ0v) is 16.0. The molecule has 1 aromatic rings. The molecule has 0 bridgehead atoms. The average Bonchev–Trinajstić information content (AvgIpc) is 2.52. The number of hydrogen-bond donors (Lipinski definition) is 0. The Morgan fingerprint density at radius 2 is 1.71 bits per heavy atom. The van der Waals surface area contributed by atoms with Crippen molar-refractivity contribution in [3.05, 3.63) is 52.2 Å². The molecule has 0 aliphatic carbocycles. The van der Waals surface area contributed by atoms with Crippen molar-refractivity contribution in [3.8, 4) is 0 Å². The van der Waals surface area contributed by atoms with Gasteiger partial charge in [0.2, 0.25) is 0 Å². The van der Waals surface area contributed by atoms with E-state index in [2.05, 4.69) is 62.4 Å². The normalized spacial score (nSPS) is 12.2. The van der Waals surface area contributed by atoms with Gasteiger partial charge < -0.3 is 0 Å². The Hall–Kier alpha value is -0.510. The van der Waals surface area contributed by atoms with Crippen LogP contribution < -0.4 is 3.61 Å². The van der Waals surface area contributed by atoms with E-state index in [-0.39, 0.29) is 20.9 Å². The van der Waals surface area contributed by atoms with E-state index in [0.29, 0.717) is 0 Å². The Kier molecular flexibility index (Phi) is 11.6. The summed E-state index contributed by atoms with van der Waals surface area (Å²) >= 11 is -0.169. The second kappa shape index (κ2) is 13.2. The summed E-state index contributed by atoms with van der Waals surface area (Å²) in [6, 6.07) is 11.0. The summed E-state index contributed by atoms with van der Waals surface area (Å²) in [5.41, 5.74) is 0. The Morgan fingerprint density at radius 3 is 2.43 bits per heavy atom. The van der Waals surface area contributed by atoms with Crippen LogP contribution in [-0.4, -0.2) is 20.9 Å². The van der Waals surface area contributed by atoms with Gasteiger partial charge in [-0.15, -0.1) is 0 Å². The first-order valence-corrected chi connectivity index (χ1v) is 10.8. The molecule has 1 heteroatoms. The van der Waals surface area contributed by atoms with Crippen molar-refractivity contribution in [2.75, 3.05) is 0 Å². The molecule has 0 saturated heterocycles. The molecule has 0 aliphatic heterocycles. The van der Waals surface area contributed by atoms with E-state index in [9.17, 15) is 0 Å². The summed E-state index contributed by atoms with van der Waals surface area (Å²) in [4.78, 5) is 0. The van der Waals surface area contributed by atoms with Gasteiger partial charge in [-0.25, -0.2) is 0 Å². The van der Waals surface area contributed by atoms with E-state index in [4.69, 9.17) is 0 Å². The van der Waals surface area contributed by atoms with Gasteiger partial charge in [-0.2, -0.15) is 0 Å². The first-order valence-electron chi connectivity index (χ1n) is 8.45. The second-order valence-corrected chi connectivity index (χ2v) is 8.85. The molecule has 0 nitrogen and oxygen atoms in total. The Bertz CT molecular complexity index is 403. The van der Waals surface area contributed by atoms with Crippen molar-refractivity contribution < 1.29 is 0 Å². The first kappa shape index (κ1) is 18.5. The summed E-state index contributed by atoms with van der Waals surface area (Å²) in [5, 5.41) is 0. The molecule has 1 aromatic carbocycles. The quantitative estimate of drug-likeness (QED) is 0.258. The van der Waals surface area contributed by atoms with Crippen molar-refractivity contribution in [3.63, 3.8) is 0 Å². The number of unbranched alkanes of at least 4 members (excludes halogenated alkanes) is 5. The van der Waals surface area contributed by atoms with Gasteiger partial charge in [0.05, 0.1) is 0 Å². The van der Waals surface area contributed by atoms with Crippen LogP contribution in [0.3, 0.4) is 0 Å². The van der Waals surface area contributed by atoms with Gasteiger partial charge in [0.25, 0.3) is 0 Å². The molecule has 1 rings (SSSR count). The van der Waals surface area contributed by atoms with Gasteiger partial charge in [-0.3, -0.25) is 0 Å². The molecule has 0 aromatic heterocycles. The molecule has 0 saturated carbocycles. The van der Waals surface area contributed by atoms with Gasteiger partial charge in [-0.1, -0.05) is 0 Å². The molecule has 0 amide bonds. The van der Waals surface area contributed by atoms with E-state index in [1.165, 1.54) is 51.4 Å². The van der Waals surface area contributed by atoms with E-state index >= 15 is 0 Å². The summed E-state index contributed by atoms with van der Waals surface area (Å²) in [5.74, 6) is 0. The van der Waals surface area contributed by atoms with Crippen LogP contribution >= 0.6 is 0 Å². The molecular formula is C20H30Te. The Labute approximate surface area is 141 Å². The van der Waals surface area contributed by atoms with Gasteiger partial charge in [0.15, 0.2) is 0 Å². The second-order valence-electron chi connectivity index (χ2n) is 5.43. The third kappa shape index (κ3) is 9.94. The molecular weight excluding hydrogens is 368 g/mol. The summed E-state index contributed by atoms with van der Waals surface area (Å²) in [6.45, 7) is 4.55. The zero-order valence-electron chi connectivity index (χ0n) is 13.7. The van der Waals surface area contributed by atoms with Crippen molar-refractivity contribution >= 4 is 24.5 Å². The number of rotatable bonds is 11. The van der Waals surface area contributed by atoms with Crippen molar-refractivity contribution in [2.45, 2.75) is 65.2 Å². The molecule has 0 atom stereocenters. The molecule has 0 aliphatic rings. The third-order valence-corrected chi connectivity index (χ3v) is 6.58. The van der Waals surface area contributed by atoms with E-state index < -0.39 is 0 Å². The van der Waals surface area contributed by atoms with Gasteiger partial charge in [0.1, 0.15) is 0 Å². The number of benzene rings is 1. The standard InChI is InChI=1S/C20H30Te/c1-3-5-7-8-9-10-12-16-19(15-6-4-2)21-20-17-13-11-14-18-20/h10-14,16-18H,3-9,15H2,1-2H3/b12-10+,19-16+. The molecule has 0 unspecified atom stereocenters. The molecule has 116 valence electrons. The third-order valence-electron chi connectivity index (χ3n) is 3.41. The predicted octanol–water partition coefficient (Wildman–Crippen LogP) is 5.62. The van der Waals surface area contributed by atoms with Crippen LogP contribution in [0.1, 0.15) is 65.2 Å². The molecule has 0 N–H and O–H groups in total. The van der Waals surface area contributed by atoms with Crippen LogP contribution in [0.2, 0.25) is 0 Å². The van der Waals surface area contributed by atoms with Crippen LogP contribution in [0.15, 0.2) is 52.2 Å². The topological polar surface area (TPSA) is 0 Å². The fourth-order valence-corrected chi connectivity index (χ4v) is 4.94. The van der Waals surface area contributed by atoms with Crippen LogP contribution in [0, 0.1) is 0 Å². The molecule has 0 spiro atoms. The van der Waals surface area contributed by atoms with E-state index in [0.717, 1.165) is 0 Å². The van der Waals surface area contributed by atoms with E-state index in [1.54, 1.807) is 7.23 Å². The minimum absolute atomic E-state index is 0.169. The maximum absolute atomic E-state index is 2.41. The van der Waals surface area contributed by atoms with E-state index in [1.807, 2.05) is 0 Å². The van der Waals surface area contributed by atoms with Crippen molar-refractivity contribution in [1.82, 2.24) is 0 Å². The van der Waals surface area contributed by atoms with Crippen LogP contribution in [0.25, 0.3) is 0 Å². The average molecular weight is 398 g/mol. The van der Waals surface area contributed by atoms with Crippen molar-refractivity contribution in [2.24, 2.45) is 0 Å². The maximum atomic E-state index is 2.41. The van der Waals surface area contributed by atoms with Gasteiger partial charge in [0, 0.05) is 0 Å². The molecule has 0 heterocycles. The number of hydrogen-bond acceptors (Lipinski definition) is 0. The first-order chi connectivity index (χ1) is 10.4. The Balaban J connectivity index is 2.44. The zero-order chi connectivity index (χ0) is 15.2. The molecule has 0 fully saturated rings. The minimum atomic E-state index is -0.169. The number of allylic oxidation sites excluding steroid dienone is 4. The van der Waals surface area contributed by atoms with Crippen molar-refractivity contribution in [1.29, 1.82) is 0 Å². The summed E-state index contributed by atoms with van der Waals surface area (Å²) in [7, 11) is 0. The van der Waals surface area contributed by atoms with Gasteiger partial charge >= 0.3 is 142 Å². The molecule has 0 radical (unpaired) electrons. The summed E-state index contributed by atoms with van der Waals surface area (Å²) in [6.07, 6.45) is 17.7.